The second kappa shape index (κ2) is 7.73. The summed E-state index contributed by atoms with van der Waals surface area (Å²) in [7, 11) is -3.86. The van der Waals surface area contributed by atoms with Gasteiger partial charge in [-0.25, -0.2) is 13.4 Å². The number of hydrogen-bond acceptors (Lipinski definition) is 6. The van der Waals surface area contributed by atoms with Crippen LogP contribution >= 0.6 is 11.6 Å². The Hall–Kier alpha value is -3.50. The SMILES string of the molecule is Cc1cn2ccc(C(=O)Nc3ccc(S(=O)(=O)Nc4ccc(Cl)nn4)cc3)cc2n1. The minimum Gasteiger partial charge on any atom is -0.322 e. The maximum absolute atomic E-state index is 12.5. The molecule has 9 nitrogen and oxygen atoms in total. The lowest BCUT2D eigenvalue weighted by Gasteiger charge is -2.09. The molecular formula is C19H15ClN6O3S. The monoisotopic (exact) mass is 442 g/mol. The van der Waals surface area contributed by atoms with Gasteiger partial charge in [-0.3, -0.25) is 9.52 Å². The highest BCUT2D eigenvalue weighted by Crippen LogP contribution is 2.18. The van der Waals surface area contributed by atoms with Gasteiger partial charge < -0.3 is 9.72 Å². The van der Waals surface area contributed by atoms with E-state index in [4.69, 9.17) is 11.6 Å². The van der Waals surface area contributed by atoms with Gasteiger partial charge in [-0.15, -0.1) is 10.2 Å². The summed E-state index contributed by atoms with van der Waals surface area (Å²) in [5.74, 6) is -0.287. The number of imidazole rings is 1. The Morgan fingerprint density at radius 3 is 2.53 bits per heavy atom. The van der Waals surface area contributed by atoms with Crippen LogP contribution in [-0.2, 0) is 10.0 Å². The van der Waals surface area contributed by atoms with E-state index < -0.39 is 10.0 Å². The van der Waals surface area contributed by atoms with Crippen molar-refractivity contribution in [1.82, 2.24) is 19.6 Å². The Morgan fingerprint density at radius 2 is 1.83 bits per heavy atom. The zero-order valence-electron chi connectivity index (χ0n) is 15.6. The van der Waals surface area contributed by atoms with E-state index >= 15 is 0 Å². The second-order valence-electron chi connectivity index (χ2n) is 6.39. The largest absolute Gasteiger partial charge is 0.322 e. The van der Waals surface area contributed by atoms with E-state index in [0.717, 1.165) is 5.69 Å². The second-order valence-corrected chi connectivity index (χ2v) is 8.46. The van der Waals surface area contributed by atoms with Crippen molar-refractivity contribution in [1.29, 1.82) is 0 Å². The number of pyridine rings is 1. The third-order valence-electron chi connectivity index (χ3n) is 4.14. The number of rotatable bonds is 5. The van der Waals surface area contributed by atoms with E-state index in [9.17, 15) is 13.2 Å². The average molecular weight is 443 g/mol. The molecule has 152 valence electrons. The van der Waals surface area contributed by atoms with Crippen LogP contribution < -0.4 is 10.0 Å². The predicted octanol–water partition coefficient (Wildman–Crippen LogP) is 3.14. The molecule has 3 aromatic heterocycles. The van der Waals surface area contributed by atoms with Crippen molar-refractivity contribution in [3.05, 3.63) is 77.3 Å². The Balaban J connectivity index is 1.48. The summed E-state index contributed by atoms with van der Waals surface area (Å²) < 4.78 is 29.1. The van der Waals surface area contributed by atoms with Gasteiger partial charge in [-0.1, -0.05) is 11.6 Å². The highest BCUT2D eigenvalue weighted by atomic mass is 35.5. The number of hydrogen-bond donors (Lipinski definition) is 2. The highest BCUT2D eigenvalue weighted by molar-refractivity contribution is 7.92. The molecule has 0 radical (unpaired) electrons. The number of sulfonamides is 1. The van der Waals surface area contributed by atoms with Crippen LogP contribution in [0.25, 0.3) is 5.65 Å². The number of amides is 1. The lowest BCUT2D eigenvalue weighted by molar-refractivity contribution is 0.102. The van der Waals surface area contributed by atoms with E-state index in [1.165, 1.54) is 36.4 Å². The van der Waals surface area contributed by atoms with Crippen LogP contribution in [0, 0.1) is 6.92 Å². The zero-order chi connectivity index (χ0) is 21.3. The number of fused-ring (bicyclic) bond motifs is 1. The third-order valence-corrected chi connectivity index (χ3v) is 5.71. The van der Waals surface area contributed by atoms with Crippen molar-refractivity contribution in [3.63, 3.8) is 0 Å². The number of nitrogens with zero attached hydrogens (tertiary/aromatic N) is 4. The summed E-state index contributed by atoms with van der Waals surface area (Å²) in [6, 6.07) is 11.9. The van der Waals surface area contributed by atoms with Gasteiger partial charge in [0.05, 0.1) is 10.6 Å². The van der Waals surface area contributed by atoms with Gasteiger partial charge in [-0.05, 0) is 55.5 Å². The Kier molecular flexibility index (Phi) is 5.10. The maximum atomic E-state index is 12.5. The molecule has 11 heteroatoms. The first kappa shape index (κ1) is 19.8. The van der Waals surface area contributed by atoms with Crippen molar-refractivity contribution in [3.8, 4) is 0 Å². The van der Waals surface area contributed by atoms with Crippen LogP contribution in [0.1, 0.15) is 16.1 Å². The molecule has 0 aliphatic carbocycles. The summed E-state index contributed by atoms with van der Waals surface area (Å²) in [5.41, 5.74) is 2.40. The van der Waals surface area contributed by atoms with Crippen LogP contribution in [0.2, 0.25) is 5.15 Å². The van der Waals surface area contributed by atoms with Crippen LogP contribution in [-0.4, -0.2) is 33.9 Å². The smallest absolute Gasteiger partial charge is 0.263 e. The van der Waals surface area contributed by atoms with Gasteiger partial charge in [0.15, 0.2) is 11.0 Å². The fraction of sp³-hybridized carbons (Fsp3) is 0.0526. The first-order valence-electron chi connectivity index (χ1n) is 8.69. The topological polar surface area (TPSA) is 118 Å². The van der Waals surface area contributed by atoms with Gasteiger partial charge in [0.1, 0.15) is 5.65 Å². The van der Waals surface area contributed by atoms with Crippen molar-refractivity contribution >= 4 is 44.7 Å². The molecule has 0 saturated heterocycles. The lowest BCUT2D eigenvalue weighted by Crippen LogP contribution is -2.15. The fourth-order valence-electron chi connectivity index (χ4n) is 2.74. The first-order chi connectivity index (χ1) is 14.3. The fourth-order valence-corrected chi connectivity index (χ4v) is 3.83. The van der Waals surface area contributed by atoms with Crippen LogP contribution in [0.3, 0.4) is 0 Å². The molecule has 0 saturated carbocycles. The molecule has 0 atom stereocenters. The molecule has 0 aliphatic heterocycles. The number of anilines is 2. The Morgan fingerprint density at radius 1 is 1.07 bits per heavy atom. The molecule has 30 heavy (non-hydrogen) atoms. The van der Waals surface area contributed by atoms with Gasteiger partial charge in [0.25, 0.3) is 15.9 Å². The minimum absolute atomic E-state index is 0.00605. The molecule has 3 heterocycles. The molecular weight excluding hydrogens is 428 g/mol. The molecule has 1 amide bonds. The van der Waals surface area contributed by atoms with Crippen molar-refractivity contribution in [2.24, 2.45) is 0 Å². The summed E-state index contributed by atoms with van der Waals surface area (Å²) >= 11 is 5.64. The number of aryl methyl sites for hydroxylation is 1. The molecule has 2 N–H and O–H groups in total. The number of nitrogens with one attached hydrogen (secondary N) is 2. The zero-order valence-corrected chi connectivity index (χ0v) is 17.1. The Labute approximate surface area is 176 Å². The third kappa shape index (κ3) is 4.24. The normalized spacial score (nSPS) is 11.4. The standard InChI is InChI=1S/C19H15ClN6O3S/c1-12-11-26-9-8-13(10-18(26)21-12)19(27)22-14-2-4-15(5-3-14)30(28,29)25-17-7-6-16(20)23-24-17/h2-11H,1H3,(H,22,27)(H,24,25). The van der Waals surface area contributed by atoms with Gasteiger partial charge in [-0.2, -0.15) is 0 Å². The van der Waals surface area contributed by atoms with E-state index in [-0.39, 0.29) is 21.8 Å². The predicted molar refractivity (Wildman–Crippen MR) is 112 cm³/mol. The van der Waals surface area contributed by atoms with Crippen LogP contribution in [0.15, 0.2) is 65.8 Å². The molecule has 4 aromatic rings. The number of aromatic nitrogens is 4. The van der Waals surface area contributed by atoms with Gasteiger partial charge in [0, 0.05) is 23.6 Å². The maximum Gasteiger partial charge on any atom is 0.263 e. The number of halogens is 1. The van der Waals surface area contributed by atoms with Crippen molar-refractivity contribution in [2.45, 2.75) is 11.8 Å². The van der Waals surface area contributed by atoms with Crippen LogP contribution in [0.4, 0.5) is 11.5 Å². The highest BCUT2D eigenvalue weighted by Gasteiger charge is 2.16. The molecule has 4 rings (SSSR count). The Bertz CT molecular complexity index is 1340. The summed E-state index contributed by atoms with van der Waals surface area (Å²) in [6.07, 6.45) is 3.62. The number of benzene rings is 1. The quantitative estimate of drug-likeness (QED) is 0.490. The molecule has 0 bridgehead atoms. The number of carbonyl (C=O) groups is 1. The minimum atomic E-state index is -3.86. The lowest BCUT2D eigenvalue weighted by atomic mass is 10.2. The first-order valence-corrected chi connectivity index (χ1v) is 10.6. The molecule has 0 fully saturated rings. The summed E-state index contributed by atoms with van der Waals surface area (Å²) in [4.78, 5) is 16.8. The molecule has 1 aromatic carbocycles. The van der Waals surface area contributed by atoms with E-state index in [1.54, 1.807) is 18.3 Å². The van der Waals surface area contributed by atoms with Crippen molar-refractivity contribution in [2.75, 3.05) is 10.0 Å². The molecule has 0 spiro atoms. The van der Waals surface area contributed by atoms with E-state index in [1.807, 2.05) is 17.5 Å². The summed E-state index contributed by atoms with van der Waals surface area (Å²) in [5, 5.41) is 10.1. The van der Waals surface area contributed by atoms with Gasteiger partial charge in [0.2, 0.25) is 0 Å². The number of carbonyl (C=O) groups excluding carboxylic acids is 1. The molecule has 0 aliphatic rings. The van der Waals surface area contributed by atoms with Gasteiger partial charge >= 0.3 is 0 Å². The summed E-state index contributed by atoms with van der Waals surface area (Å²) in [6.45, 7) is 1.87. The van der Waals surface area contributed by atoms with E-state index in [2.05, 4.69) is 25.2 Å². The van der Waals surface area contributed by atoms with Crippen LogP contribution in [0.5, 0.6) is 0 Å². The van der Waals surface area contributed by atoms with Crippen molar-refractivity contribution < 1.29 is 13.2 Å². The molecule has 0 unspecified atom stereocenters. The average Bonchev–Trinajstić information content (AvgIpc) is 3.09. The van der Waals surface area contributed by atoms with E-state index in [0.29, 0.717) is 16.9 Å².